The van der Waals surface area contributed by atoms with E-state index in [-0.39, 0.29) is 5.91 Å². The van der Waals surface area contributed by atoms with Gasteiger partial charge in [0.15, 0.2) is 0 Å². The lowest BCUT2D eigenvalue weighted by atomic mass is 10.2. The molecule has 130 valence electrons. The van der Waals surface area contributed by atoms with Gasteiger partial charge in [-0.2, -0.15) is 0 Å². The van der Waals surface area contributed by atoms with E-state index in [1.54, 1.807) is 18.4 Å². The fourth-order valence-corrected chi connectivity index (χ4v) is 4.09. The SMILES string of the molecule is COc1ccc(Cn2c(C(=O)N3CCNCC3)cc3sccc32)cc1. The normalized spacial score (nSPS) is 14.8. The number of benzene rings is 1. The molecule has 25 heavy (non-hydrogen) atoms. The summed E-state index contributed by atoms with van der Waals surface area (Å²) < 4.78 is 8.53. The number of aromatic nitrogens is 1. The van der Waals surface area contributed by atoms with E-state index in [4.69, 9.17) is 4.74 Å². The van der Waals surface area contributed by atoms with Crippen molar-refractivity contribution in [1.82, 2.24) is 14.8 Å². The molecule has 0 radical (unpaired) electrons. The number of piperazine rings is 1. The first-order valence-corrected chi connectivity index (χ1v) is 9.34. The molecular formula is C19H21N3O2S. The smallest absolute Gasteiger partial charge is 0.270 e. The number of carbonyl (C=O) groups excluding carboxylic acids is 1. The minimum atomic E-state index is 0.124. The Morgan fingerprint density at radius 2 is 1.96 bits per heavy atom. The van der Waals surface area contributed by atoms with Crippen molar-refractivity contribution in [1.29, 1.82) is 0 Å². The molecule has 2 aromatic heterocycles. The van der Waals surface area contributed by atoms with Gasteiger partial charge in [-0.15, -0.1) is 11.3 Å². The monoisotopic (exact) mass is 355 g/mol. The number of thiophene rings is 1. The van der Waals surface area contributed by atoms with Crippen LogP contribution in [0.2, 0.25) is 0 Å². The van der Waals surface area contributed by atoms with Crippen LogP contribution >= 0.6 is 11.3 Å². The zero-order valence-electron chi connectivity index (χ0n) is 14.2. The molecule has 1 N–H and O–H groups in total. The Hall–Kier alpha value is -2.31. The van der Waals surface area contributed by atoms with Crippen molar-refractivity contribution in [2.75, 3.05) is 33.3 Å². The summed E-state index contributed by atoms with van der Waals surface area (Å²) in [5.74, 6) is 0.965. The first-order valence-electron chi connectivity index (χ1n) is 8.46. The fourth-order valence-electron chi connectivity index (χ4n) is 3.27. The second kappa shape index (κ2) is 6.90. The number of amides is 1. The van der Waals surface area contributed by atoms with Gasteiger partial charge in [-0.25, -0.2) is 0 Å². The van der Waals surface area contributed by atoms with Crippen molar-refractivity contribution in [2.24, 2.45) is 0 Å². The average molecular weight is 355 g/mol. The van der Waals surface area contributed by atoms with Crippen molar-refractivity contribution in [3.63, 3.8) is 0 Å². The molecule has 5 nitrogen and oxygen atoms in total. The molecule has 0 atom stereocenters. The van der Waals surface area contributed by atoms with Gasteiger partial charge in [0.25, 0.3) is 5.91 Å². The summed E-state index contributed by atoms with van der Waals surface area (Å²) in [7, 11) is 1.67. The lowest BCUT2D eigenvalue weighted by molar-refractivity contribution is 0.0726. The van der Waals surface area contributed by atoms with E-state index in [0.29, 0.717) is 6.54 Å². The Morgan fingerprint density at radius 1 is 1.20 bits per heavy atom. The maximum Gasteiger partial charge on any atom is 0.270 e. The molecule has 1 saturated heterocycles. The molecule has 6 heteroatoms. The molecule has 1 aliphatic heterocycles. The van der Waals surface area contributed by atoms with Crippen LogP contribution in [-0.4, -0.2) is 48.7 Å². The number of methoxy groups -OCH3 is 1. The van der Waals surface area contributed by atoms with Gasteiger partial charge in [0.05, 0.1) is 17.3 Å². The maximum absolute atomic E-state index is 13.0. The first-order chi connectivity index (χ1) is 12.3. The van der Waals surface area contributed by atoms with E-state index in [1.807, 2.05) is 23.1 Å². The number of nitrogens with zero attached hydrogens (tertiary/aromatic N) is 2. The van der Waals surface area contributed by atoms with Crippen LogP contribution in [0.1, 0.15) is 16.1 Å². The van der Waals surface area contributed by atoms with E-state index in [0.717, 1.165) is 53.4 Å². The molecule has 1 aromatic carbocycles. The molecule has 0 bridgehead atoms. The predicted molar refractivity (Wildman–Crippen MR) is 101 cm³/mol. The summed E-state index contributed by atoms with van der Waals surface area (Å²) in [5, 5.41) is 5.38. The molecule has 1 amide bonds. The summed E-state index contributed by atoms with van der Waals surface area (Å²) in [5.41, 5.74) is 3.05. The van der Waals surface area contributed by atoms with Gasteiger partial charge in [-0.1, -0.05) is 12.1 Å². The van der Waals surface area contributed by atoms with Gasteiger partial charge < -0.3 is 19.5 Å². The quantitative estimate of drug-likeness (QED) is 0.783. The van der Waals surface area contributed by atoms with Gasteiger partial charge in [0.1, 0.15) is 11.4 Å². The van der Waals surface area contributed by atoms with Gasteiger partial charge in [0.2, 0.25) is 0 Å². The third-order valence-corrected chi connectivity index (χ3v) is 5.50. The minimum absolute atomic E-state index is 0.124. The molecule has 1 fully saturated rings. The highest BCUT2D eigenvalue weighted by molar-refractivity contribution is 7.17. The minimum Gasteiger partial charge on any atom is -0.497 e. The summed E-state index contributed by atoms with van der Waals surface area (Å²) in [6.07, 6.45) is 0. The molecule has 3 heterocycles. The maximum atomic E-state index is 13.0. The van der Waals surface area contributed by atoms with E-state index in [1.165, 1.54) is 0 Å². The Morgan fingerprint density at radius 3 is 2.68 bits per heavy atom. The molecule has 3 aromatic rings. The summed E-state index contributed by atoms with van der Waals surface area (Å²) in [6, 6.07) is 12.2. The number of ether oxygens (including phenoxy) is 1. The molecular weight excluding hydrogens is 334 g/mol. The highest BCUT2D eigenvalue weighted by Crippen LogP contribution is 2.27. The number of fused-ring (bicyclic) bond motifs is 1. The number of nitrogens with one attached hydrogen (secondary N) is 1. The van der Waals surface area contributed by atoms with Crippen LogP contribution in [-0.2, 0) is 6.54 Å². The largest absolute Gasteiger partial charge is 0.497 e. The van der Waals surface area contributed by atoms with Crippen LogP contribution < -0.4 is 10.1 Å². The first kappa shape index (κ1) is 16.2. The summed E-state index contributed by atoms with van der Waals surface area (Å²) in [6.45, 7) is 3.93. The second-order valence-electron chi connectivity index (χ2n) is 6.18. The van der Waals surface area contributed by atoms with Gasteiger partial charge in [0, 0.05) is 32.7 Å². The zero-order chi connectivity index (χ0) is 17.2. The Bertz CT molecular complexity index is 876. The van der Waals surface area contributed by atoms with Crippen LogP contribution in [0, 0.1) is 0 Å². The summed E-state index contributed by atoms with van der Waals surface area (Å²) >= 11 is 1.68. The molecule has 0 aliphatic carbocycles. The Balaban J connectivity index is 1.68. The number of hydrogen-bond acceptors (Lipinski definition) is 4. The van der Waals surface area contributed by atoms with Crippen molar-refractivity contribution >= 4 is 27.5 Å². The Kier molecular flexibility index (Phi) is 4.46. The molecule has 0 spiro atoms. The second-order valence-corrected chi connectivity index (χ2v) is 7.12. The number of hydrogen-bond donors (Lipinski definition) is 1. The van der Waals surface area contributed by atoms with E-state index >= 15 is 0 Å². The van der Waals surface area contributed by atoms with Gasteiger partial charge in [-0.3, -0.25) is 4.79 Å². The third-order valence-electron chi connectivity index (χ3n) is 4.65. The fraction of sp³-hybridized carbons (Fsp3) is 0.316. The highest BCUT2D eigenvalue weighted by atomic mass is 32.1. The van der Waals surface area contributed by atoms with Crippen LogP contribution in [0.15, 0.2) is 41.8 Å². The van der Waals surface area contributed by atoms with Crippen molar-refractivity contribution < 1.29 is 9.53 Å². The molecule has 0 saturated carbocycles. The summed E-state index contributed by atoms with van der Waals surface area (Å²) in [4.78, 5) is 15.0. The van der Waals surface area contributed by atoms with Crippen molar-refractivity contribution in [3.05, 3.63) is 53.0 Å². The lowest BCUT2D eigenvalue weighted by Gasteiger charge is -2.27. The predicted octanol–water partition coefficient (Wildman–Crippen LogP) is 2.81. The molecule has 1 aliphatic rings. The lowest BCUT2D eigenvalue weighted by Crippen LogP contribution is -2.46. The number of carbonyl (C=O) groups is 1. The topological polar surface area (TPSA) is 46.5 Å². The standard InChI is InChI=1S/C19H21N3O2S/c1-24-15-4-2-14(3-5-15)13-22-16-6-11-25-18(16)12-17(22)19(23)21-9-7-20-8-10-21/h2-6,11-12,20H,7-10,13H2,1H3. The van der Waals surface area contributed by atoms with E-state index in [9.17, 15) is 4.79 Å². The average Bonchev–Trinajstić information content (AvgIpc) is 3.25. The van der Waals surface area contributed by atoms with Gasteiger partial charge >= 0.3 is 0 Å². The van der Waals surface area contributed by atoms with Crippen molar-refractivity contribution in [2.45, 2.75) is 6.54 Å². The Labute approximate surface area is 150 Å². The van der Waals surface area contributed by atoms with Gasteiger partial charge in [-0.05, 0) is 35.2 Å². The zero-order valence-corrected chi connectivity index (χ0v) is 15.0. The van der Waals surface area contributed by atoms with Crippen LogP contribution in [0.3, 0.4) is 0 Å². The van der Waals surface area contributed by atoms with Crippen molar-refractivity contribution in [3.8, 4) is 5.75 Å². The van der Waals surface area contributed by atoms with Crippen LogP contribution in [0.5, 0.6) is 5.75 Å². The van der Waals surface area contributed by atoms with Crippen LogP contribution in [0.4, 0.5) is 0 Å². The van der Waals surface area contributed by atoms with E-state index < -0.39 is 0 Å². The van der Waals surface area contributed by atoms with E-state index in [2.05, 4.69) is 33.5 Å². The van der Waals surface area contributed by atoms with Crippen LogP contribution in [0.25, 0.3) is 10.2 Å². The third kappa shape index (κ3) is 3.15. The molecule has 4 rings (SSSR count). The number of rotatable bonds is 4. The molecule has 0 unspecified atom stereocenters. The highest BCUT2D eigenvalue weighted by Gasteiger charge is 2.23.